The summed E-state index contributed by atoms with van der Waals surface area (Å²) in [5.41, 5.74) is 6.13. The maximum atomic E-state index is 11.9. The number of hydrogen-bond donors (Lipinski definition) is 2. The van der Waals surface area contributed by atoms with E-state index in [-0.39, 0.29) is 24.4 Å². The van der Waals surface area contributed by atoms with Gasteiger partial charge in [-0.15, -0.1) is 12.4 Å². The lowest BCUT2D eigenvalue weighted by atomic mass is 10.1. The summed E-state index contributed by atoms with van der Waals surface area (Å²) in [6, 6.07) is 5.14. The van der Waals surface area contributed by atoms with Gasteiger partial charge in [0.05, 0.1) is 14.2 Å². The van der Waals surface area contributed by atoms with Crippen molar-refractivity contribution in [3.8, 4) is 11.5 Å². The first-order chi connectivity index (χ1) is 8.56. The Morgan fingerprint density at radius 2 is 1.79 bits per heavy atom. The Kier molecular flexibility index (Phi) is 7.95. The fourth-order valence-electron chi connectivity index (χ4n) is 1.45. The predicted molar refractivity (Wildman–Crippen MR) is 77.4 cm³/mol. The molecule has 0 aliphatic carbocycles. The monoisotopic (exact) mass is 288 g/mol. The number of nitrogens with two attached hydrogens (primary N) is 1. The van der Waals surface area contributed by atoms with Gasteiger partial charge in [-0.05, 0) is 25.5 Å². The lowest BCUT2D eigenvalue weighted by Gasteiger charge is -2.10. The van der Waals surface area contributed by atoms with Gasteiger partial charge in [-0.25, -0.2) is 0 Å². The van der Waals surface area contributed by atoms with Crippen LogP contribution in [0.15, 0.2) is 18.2 Å². The van der Waals surface area contributed by atoms with Crippen molar-refractivity contribution in [2.75, 3.05) is 20.8 Å². The first-order valence-electron chi connectivity index (χ1n) is 5.83. The molecule has 108 valence electrons. The normalized spacial score (nSPS) is 11.2. The highest BCUT2D eigenvalue weighted by Crippen LogP contribution is 2.22. The van der Waals surface area contributed by atoms with Gasteiger partial charge in [0, 0.05) is 24.2 Å². The third-order valence-corrected chi connectivity index (χ3v) is 2.50. The van der Waals surface area contributed by atoms with E-state index >= 15 is 0 Å². The molecule has 1 atom stereocenters. The number of ether oxygens (including phenoxy) is 2. The molecule has 1 amide bonds. The van der Waals surface area contributed by atoms with Crippen molar-refractivity contribution in [3.63, 3.8) is 0 Å². The Balaban J connectivity index is 0.00000324. The average molecular weight is 289 g/mol. The Labute approximate surface area is 119 Å². The number of halogens is 1. The number of rotatable bonds is 6. The van der Waals surface area contributed by atoms with Gasteiger partial charge in [0.2, 0.25) is 0 Å². The summed E-state index contributed by atoms with van der Waals surface area (Å²) >= 11 is 0. The molecule has 19 heavy (non-hydrogen) atoms. The van der Waals surface area contributed by atoms with E-state index in [1.165, 1.54) is 0 Å². The number of methoxy groups -OCH3 is 2. The smallest absolute Gasteiger partial charge is 0.251 e. The van der Waals surface area contributed by atoms with E-state index in [2.05, 4.69) is 5.32 Å². The minimum Gasteiger partial charge on any atom is -0.497 e. The van der Waals surface area contributed by atoms with E-state index in [9.17, 15) is 4.79 Å². The number of carbonyl (C=O) groups excluding carboxylic acids is 1. The topological polar surface area (TPSA) is 73.6 Å². The van der Waals surface area contributed by atoms with Gasteiger partial charge < -0.3 is 20.5 Å². The van der Waals surface area contributed by atoms with Crippen LogP contribution in [0.1, 0.15) is 23.7 Å². The Hall–Kier alpha value is -1.46. The zero-order valence-electron chi connectivity index (χ0n) is 11.4. The molecular formula is C13H21ClN2O3. The fraction of sp³-hybridized carbons (Fsp3) is 0.462. The molecule has 0 fully saturated rings. The lowest BCUT2D eigenvalue weighted by molar-refractivity contribution is 0.0952. The molecule has 3 N–H and O–H groups in total. The summed E-state index contributed by atoms with van der Waals surface area (Å²) in [4.78, 5) is 11.9. The van der Waals surface area contributed by atoms with Gasteiger partial charge in [-0.1, -0.05) is 0 Å². The molecule has 1 rings (SSSR count). The third-order valence-electron chi connectivity index (χ3n) is 2.50. The van der Waals surface area contributed by atoms with Crippen LogP contribution in [0.25, 0.3) is 0 Å². The van der Waals surface area contributed by atoms with Crippen LogP contribution < -0.4 is 20.5 Å². The fourth-order valence-corrected chi connectivity index (χ4v) is 1.45. The van der Waals surface area contributed by atoms with Crippen LogP contribution in [0.3, 0.4) is 0 Å². The van der Waals surface area contributed by atoms with Crippen LogP contribution in [0.4, 0.5) is 0 Å². The largest absolute Gasteiger partial charge is 0.497 e. The van der Waals surface area contributed by atoms with E-state index < -0.39 is 0 Å². The second kappa shape index (κ2) is 8.61. The lowest BCUT2D eigenvalue weighted by Crippen LogP contribution is -2.28. The third kappa shape index (κ3) is 5.81. The summed E-state index contributed by atoms with van der Waals surface area (Å²) in [6.07, 6.45) is 0.743. The predicted octanol–water partition coefficient (Wildman–Crippen LogP) is 1.59. The molecule has 1 aromatic rings. The van der Waals surface area contributed by atoms with E-state index in [1.807, 2.05) is 6.92 Å². The Morgan fingerprint density at radius 3 is 2.21 bits per heavy atom. The number of amides is 1. The van der Waals surface area contributed by atoms with Crippen molar-refractivity contribution in [2.24, 2.45) is 5.73 Å². The van der Waals surface area contributed by atoms with Gasteiger partial charge in [0.1, 0.15) is 11.5 Å². The molecule has 0 spiro atoms. The molecule has 5 nitrogen and oxygen atoms in total. The molecule has 0 aliphatic heterocycles. The van der Waals surface area contributed by atoms with Gasteiger partial charge >= 0.3 is 0 Å². The molecule has 0 aliphatic rings. The van der Waals surface area contributed by atoms with Crippen molar-refractivity contribution < 1.29 is 14.3 Å². The molecule has 0 saturated carbocycles. The highest BCUT2D eigenvalue weighted by Gasteiger charge is 2.09. The summed E-state index contributed by atoms with van der Waals surface area (Å²) < 4.78 is 10.2. The average Bonchev–Trinajstić information content (AvgIpc) is 2.37. The second-order valence-corrected chi connectivity index (χ2v) is 4.12. The van der Waals surface area contributed by atoms with Crippen molar-refractivity contribution >= 4 is 18.3 Å². The zero-order valence-corrected chi connectivity index (χ0v) is 12.3. The van der Waals surface area contributed by atoms with Crippen molar-refractivity contribution in [2.45, 2.75) is 19.4 Å². The number of hydrogen-bond acceptors (Lipinski definition) is 4. The molecular weight excluding hydrogens is 268 g/mol. The minimum absolute atomic E-state index is 0. The Bertz CT molecular complexity index is 389. The molecule has 0 radical (unpaired) electrons. The standard InChI is InChI=1S/C13H20N2O3.ClH/c1-9(14)4-5-15-13(16)10-6-11(17-2)8-12(7-10)18-3;/h6-9H,4-5,14H2,1-3H3,(H,15,16);1H. The molecule has 1 aromatic carbocycles. The first kappa shape index (κ1) is 17.5. The summed E-state index contributed by atoms with van der Waals surface area (Å²) in [7, 11) is 3.10. The summed E-state index contributed by atoms with van der Waals surface area (Å²) in [6.45, 7) is 2.46. The van der Waals surface area contributed by atoms with Crippen LogP contribution >= 0.6 is 12.4 Å². The highest BCUT2D eigenvalue weighted by atomic mass is 35.5. The Morgan fingerprint density at radius 1 is 1.26 bits per heavy atom. The second-order valence-electron chi connectivity index (χ2n) is 4.12. The number of nitrogens with one attached hydrogen (secondary N) is 1. The van der Waals surface area contributed by atoms with Crippen molar-refractivity contribution in [3.05, 3.63) is 23.8 Å². The van der Waals surface area contributed by atoms with E-state index in [0.29, 0.717) is 23.6 Å². The molecule has 6 heteroatoms. The SMILES string of the molecule is COc1cc(OC)cc(C(=O)NCCC(C)N)c1.Cl. The maximum absolute atomic E-state index is 11.9. The minimum atomic E-state index is -0.159. The summed E-state index contributed by atoms with van der Waals surface area (Å²) in [5.74, 6) is 1.02. The van der Waals surface area contributed by atoms with Crippen molar-refractivity contribution in [1.29, 1.82) is 0 Å². The molecule has 0 aromatic heterocycles. The van der Waals surface area contributed by atoms with E-state index in [1.54, 1.807) is 32.4 Å². The van der Waals surface area contributed by atoms with Gasteiger partial charge in [-0.2, -0.15) is 0 Å². The number of benzene rings is 1. The highest BCUT2D eigenvalue weighted by molar-refractivity contribution is 5.95. The van der Waals surface area contributed by atoms with Crippen molar-refractivity contribution in [1.82, 2.24) is 5.32 Å². The van der Waals surface area contributed by atoms with Crippen LogP contribution in [-0.2, 0) is 0 Å². The van der Waals surface area contributed by atoms with Crippen LogP contribution in [0.5, 0.6) is 11.5 Å². The van der Waals surface area contributed by atoms with Gasteiger partial charge in [0.15, 0.2) is 0 Å². The molecule has 0 saturated heterocycles. The number of carbonyl (C=O) groups is 1. The molecule has 0 heterocycles. The van der Waals surface area contributed by atoms with Gasteiger partial charge in [0.25, 0.3) is 5.91 Å². The molecule has 1 unspecified atom stereocenters. The van der Waals surface area contributed by atoms with Crippen LogP contribution in [-0.4, -0.2) is 32.7 Å². The zero-order chi connectivity index (χ0) is 13.5. The maximum Gasteiger partial charge on any atom is 0.251 e. The molecule has 0 bridgehead atoms. The summed E-state index contributed by atoms with van der Waals surface area (Å²) in [5, 5.41) is 2.80. The van der Waals surface area contributed by atoms with E-state index in [4.69, 9.17) is 15.2 Å². The first-order valence-corrected chi connectivity index (χ1v) is 5.83. The quantitative estimate of drug-likeness (QED) is 0.834. The van der Waals surface area contributed by atoms with E-state index in [0.717, 1.165) is 6.42 Å². The van der Waals surface area contributed by atoms with Crippen LogP contribution in [0.2, 0.25) is 0 Å². The van der Waals surface area contributed by atoms with Crippen LogP contribution in [0, 0.1) is 0 Å². The van der Waals surface area contributed by atoms with Gasteiger partial charge in [-0.3, -0.25) is 4.79 Å².